The van der Waals surface area contributed by atoms with Crippen molar-refractivity contribution < 1.29 is 9.21 Å². The van der Waals surface area contributed by atoms with Gasteiger partial charge in [-0.2, -0.15) is 0 Å². The number of rotatable bonds is 6. The first-order chi connectivity index (χ1) is 12.5. The van der Waals surface area contributed by atoms with Gasteiger partial charge in [0.15, 0.2) is 5.76 Å². The van der Waals surface area contributed by atoms with Gasteiger partial charge in [0.1, 0.15) is 5.76 Å². The number of benzene rings is 1. The van der Waals surface area contributed by atoms with Crippen LogP contribution in [-0.2, 0) is 11.5 Å². The van der Waals surface area contributed by atoms with Crippen molar-refractivity contribution in [3.8, 4) is 0 Å². The van der Waals surface area contributed by atoms with E-state index < -0.39 is 0 Å². The second-order valence-corrected chi connectivity index (χ2v) is 8.59. The Morgan fingerprint density at radius 2 is 2.00 bits per heavy atom. The van der Waals surface area contributed by atoms with Gasteiger partial charge in [0, 0.05) is 16.8 Å². The first-order valence-electron chi connectivity index (χ1n) is 9.25. The normalized spacial score (nSPS) is 23.0. The molecule has 1 aromatic heterocycles. The summed E-state index contributed by atoms with van der Waals surface area (Å²) in [5, 5.41) is 3.95. The summed E-state index contributed by atoms with van der Waals surface area (Å²) in [6.07, 6.45) is 3.48. The third kappa shape index (κ3) is 4.86. The molecule has 0 spiro atoms. The molecule has 1 N–H and O–H groups in total. The van der Waals surface area contributed by atoms with E-state index in [4.69, 9.17) is 16.0 Å². The summed E-state index contributed by atoms with van der Waals surface area (Å²) in [6, 6.07) is 11.8. The molecule has 140 valence electrons. The topological polar surface area (TPSA) is 42.2 Å². The van der Waals surface area contributed by atoms with E-state index in [9.17, 15) is 4.79 Å². The standard InChI is InChI=1S/C21H26ClNO2S/c1-14-6-5-9-19(15(14)2)23-21(24)20-11-10-17(25-20)13-26-12-16-7-3-4-8-18(16)22/h3-4,7-8,10-11,14-15,19H,5-6,9,12-13H2,1-2H3,(H,23,24). The molecule has 1 aromatic carbocycles. The third-order valence-corrected chi connectivity index (χ3v) is 6.74. The Morgan fingerprint density at radius 3 is 2.81 bits per heavy atom. The number of halogens is 1. The number of furan rings is 1. The number of carbonyl (C=O) groups is 1. The molecule has 0 saturated heterocycles. The lowest BCUT2D eigenvalue weighted by atomic mass is 9.78. The highest BCUT2D eigenvalue weighted by Gasteiger charge is 2.29. The van der Waals surface area contributed by atoms with Crippen molar-refractivity contribution in [1.29, 1.82) is 0 Å². The van der Waals surface area contributed by atoms with Gasteiger partial charge in [-0.1, -0.05) is 56.5 Å². The summed E-state index contributed by atoms with van der Waals surface area (Å²) >= 11 is 7.90. The van der Waals surface area contributed by atoms with Crippen molar-refractivity contribution in [3.05, 3.63) is 58.5 Å². The van der Waals surface area contributed by atoms with Crippen LogP contribution in [0.3, 0.4) is 0 Å². The summed E-state index contributed by atoms with van der Waals surface area (Å²) in [6.45, 7) is 4.50. The SMILES string of the molecule is CC1CCCC(NC(=O)c2ccc(CSCc3ccccc3Cl)o2)C1C. The van der Waals surface area contributed by atoms with E-state index in [0.29, 0.717) is 17.6 Å². The molecule has 1 aliphatic carbocycles. The lowest BCUT2D eigenvalue weighted by Gasteiger charge is -2.34. The second kappa shape index (κ2) is 9.01. The van der Waals surface area contributed by atoms with Crippen molar-refractivity contribution in [1.82, 2.24) is 5.32 Å². The minimum atomic E-state index is -0.0988. The van der Waals surface area contributed by atoms with Crippen LogP contribution in [-0.4, -0.2) is 11.9 Å². The molecule has 1 amide bonds. The lowest BCUT2D eigenvalue weighted by Crippen LogP contribution is -2.43. The summed E-state index contributed by atoms with van der Waals surface area (Å²) in [5.41, 5.74) is 1.11. The zero-order valence-corrected chi connectivity index (χ0v) is 16.9. The average Bonchev–Trinajstić information content (AvgIpc) is 3.10. The Hall–Kier alpha value is -1.39. The lowest BCUT2D eigenvalue weighted by molar-refractivity contribution is 0.0861. The third-order valence-electron chi connectivity index (χ3n) is 5.37. The molecule has 1 heterocycles. The van der Waals surface area contributed by atoms with Crippen LogP contribution < -0.4 is 5.32 Å². The van der Waals surface area contributed by atoms with Gasteiger partial charge in [0.05, 0.1) is 5.75 Å². The Labute approximate surface area is 164 Å². The molecule has 0 aliphatic heterocycles. The van der Waals surface area contributed by atoms with Crippen LogP contribution in [0.15, 0.2) is 40.8 Å². The van der Waals surface area contributed by atoms with Crippen LogP contribution in [0.5, 0.6) is 0 Å². The van der Waals surface area contributed by atoms with Crippen molar-refractivity contribution in [3.63, 3.8) is 0 Å². The highest BCUT2D eigenvalue weighted by molar-refractivity contribution is 7.97. The number of hydrogen-bond donors (Lipinski definition) is 1. The maximum absolute atomic E-state index is 12.5. The Balaban J connectivity index is 1.51. The first-order valence-corrected chi connectivity index (χ1v) is 10.8. The predicted molar refractivity (Wildman–Crippen MR) is 109 cm³/mol. The molecule has 0 radical (unpaired) electrons. The van der Waals surface area contributed by atoms with E-state index in [0.717, 1.165) is 34.3 Å². The monoisotopic (exact) mass is 391 g/mol. The van der Waals surface area contributed by atoms with Gasteiger partial charge in [-0.15, -0.1) is 11.8 Å². The second-order valence-electron chi connectivity index (χ2n) is 7.20. The number of nitrogens with one attached hydrogen (secondary N) is 1. The van der Waals surface area contributed by atoms with E-state index in [1.165, 1.54) is 12.8 Å². The van der Waals surface area contributed by atoms with Crippen LogP contribution in [0.4, 0.5) is 0 Å². The van der Waals surface area contributed by atoms with E-state index in [-0.39, 0.29) is 11.9 Å². The average molecular weight is 392 g/mol. The molecule has 26 heavy (non-hydrogen) atoms. The minimum Gasteiger partial charge on any atom is -0.455 e. The Kier molecular flexibility index (Phi) is 6.71. The van der Waals surface area contributed by atoms with Crippen LogP contribution >= 0.6 is 23.4 Å². The van der Waals surface area contributed by atoms with Crippen LogP contribution in [0, 0.1) is 11.8 Å². The Morgan fingerprint density at radius 1 is 1.19 bits per heavy atom. The molecule has 2 aromatic rings. The number of amides is 1. The number of carbonyl (C=O) groups excluding carboxylic acids is 1. The van der Waals surface area contributed by atoms with Gasteiger partial charge < -0.3 is 9.73 Å². The van der Waals surface area contributed by atoms with Gasteiger partial charge in [-0.25, -0.2) is 0 Å². The molecule has 3 unspecified atom stereocenters. The first kappa shape index (κ1) is 19.4. The molecule has 3 nitrogen and oxygen atoms in total. The molecule has 5 heteroatoms. The molecular weight excluding hydrogens is 366 g/mol. The highest BCUT2D eigenvalue weighted by atomic mass is 35.5. The molecule has 3 atom stereocenters. The summed E-state index contributed by atoms with van der Waals surface area (Å²) < 4.78 is 5.75. The van der Waals surface area contributed by atoms with E-state index >= 15 is 0 Å². The van der Waals surface area contributed by atoms with Crippen molar-refractivity contribution in [2.45, 2.75) is 50.7 Å². The van der Waals surface area contributed by atoms with Gasteiger partial charge in [0.25, 0.3) is 5.91 Å². The van der Waals surface area contributed by atoms with Crippen molar-refractivity contribution >= 4 is 29.3 Å². The zero-order chi connectivity index (χ0) is 18.5. The van der Waals surface area contributed by atoms with Gasteiger partial charge in [-0.3, -0.25) is 4.79 Å². The molecule has 1 saturated carbocycles. The predicted octanol–water partition coefficient (Wildman–Crippen LogP) is 5.92. The van der Waals surface area contributed by atoms with Crippen molar-refractivity contribution in [2.24, 2.45) is 11.8 Å². The number of thioether (sulfide) groups is 1. The summed E-state index contributed by atoms with van der Waals surface area (Å²) in [5.74, 6) is 3.82. The maximum atomic E-state index is 12.5. The van der Waals surface area contributed by atoms with Crippen molar-refractivity contribution in [2.75, 3.05) is 0 Å². The quantitative estimate of drug-likeness (QED) is 0.664. The largest absolute Gasteiger partial charge is 0.455 e. The smallest absolute Gasteiger partial charge is 0.287 e. The fourth-order valence-electron chi connectivity index (χ4n) is 3.48. The maximum Gasteiger partial charge on any atom is 0.287 e. The minimum absolute atomic E-state index is 0.0988. The molecule has 3 rings (SSSR count). The molecule has 1 aliphatic rings. The van der Waals surface area contributed by atoms with E-state index in [2.05, 4.69) is 19.2 Å². The zero-order valence-electron chi connectivity index (χ0n) is 15.3. The fourth-order valence-corrected chi connectivity index (χ4v) is 4.69. The highest BCUT2D eigenvalue weighted by Crippen LogP contribution is 2.30. The van der Waals surface area contributed by atoms with Crippen LogP contribution in [0.1, 0.15) is 55.0 Å². The van der Waals surface area contributed by atoms with E-state index in [1.807, 2.05) is 30.3 Å². The summed E-state index contributed by atoms with van der Waals surface area (Å²) in [7, 11) is 0. The summed E-state index contributed by atoms with van der Waals surface area (Å²) in [4.78, 5) is 12.5. The van der Waals surface area contributed by atoms with Crippen LogP contribution in [0.25, 0.3) is 0 Å². The van der Waals surface area contributed by atoms with Gasteiger partial charge in [-0.05, 0) is 42.0 Å². The molecule has 1 fully saturated rings. The number of hydrogen-bond acceptors (Lipinski definition) is 3. The molecule has 0 bridgehead atoms. The fraction of sp³-hybridized carbons (Fsp3) is 0.476. The Bertz CT molecular complexity index is 745. The van der Waals surface area contributed by atoms with Gasteiger partial charge >= 0.3 is 0 Å². The van der Waals surface area contributed by atoms with E-state index in [1.54, 1.807) is 17.8 Å². The molecular formula is C21H26ClNO2S. The van der Waals surface area contributed by atoms with Gasteiger partial charge in [0.2, 0.25) is 0 Å². The van der Waals surface area contributed by atoms with Crippen LogP contribution in [0.2, 0.25) is 5.02 Å².